The van der Waals surface area contributed by atoms with E-state index in [-0.39, 0.29) is 11.7 Å². The molecule has 5 nitrogen and oxygen atoms in total. The van der Waals surface area contributed by atoms with Gasteiger partial charge in [0.05, 0.1) is 0 Å². The largest absolute Gasteiger partial charge is 0.479 e. The molecule has 0 saturated carbocycles. The van der Waals surface area contributed by atoms with Crippen molar-refractivity contribution in [3.05, 3.63) is 89.7 Å². The number of hydrogen-bond acceptors (Lipinski definition) is 4. The Labute approximate surface area is 168 Å². The molecule has 3 rings (SSSR count). The number of aryl methyl sites for hydroxylation is 1. The number of amides is 1. The lowest BCUT2D eigenvalue weighted by atomic mass is 10.1. The standard InChI is InChI=1S/C23H20FNO4/c1-16-7-9-17(10-8-16)23(27)25(2)18-11-13-19(14-12-18)29-22(26)15-28-21-6-4-3-5-20(21)24/h3-14H,15H2,1-2H3. The van der Waals surface area contributed by atoms with Gasteiger partial charge in [0.2, 0.25) is 0 Å². The van der Waals surface area contributed by atoms with Gasteiger partial charge in [-0.2, -0.15) is 0 Å². The molecule has 0 spiro atoms. The summed E-state index contributed by atoms with van der Waals surface area (Å²) in [5.74, 6) is -1.08. The van der Waals surface area contributed by atoms with Crippen molar-refractivity contribution >= 4 is 17.6 Å². The van der Waals surface area contributed by atoms with Gasteiger partial charge in [-0.15, -0.1) is 0 Å². The molecular weight excluding hydrogens is 373 g/mol. The minimum absolute atomic E-state index is 0.0176. The number of esters is 1. The summed E-state index contributed by atoms with van der Waals surface area (Å²) < 4.78 is 23.8. The van der Waals surface area contributed by atoms with Crippen LogP contribution in [0.4, 0.5) is 10.1 Å². The topological polar surface area (TPSA) is 55.8 Å². The van der Waals surface area contributed by atoms with Crippen molar-refractivity contribution in [1.29, 1.82) is 0 Å². The molecule has 0 N–H and O–H groups in total. The number of halogens is 1. The number of rotatable bonds is 6. The van der Waals surface area contributed by atoms with Gasteiger partial charge < -0.3 is 14.4 Å². The van der Waals surface area contributed by atoms with Gasteiger partial charge >= 0.3 is 5.97 Å². The fourth-order valence-corrected chi connectivity index (χ4v) is 2.60. The molecule has 0 radical (unpaired) electrons. The Morgan fingerprint density at radius 2 is 1.59 bits per heavy atom. The van der Waals surface area contributed by atoms with Crippen LogP contribution in [-0.4, -0.2) is 25.5 Å². The number of hydrogen-bond donors (Lipinski definition) is 0. The number of para-hydroxylation sites is 1. The van der Waals surface area contributed by atoms with E-state index in [1.807, 2.05) is 19.1 Å². The third-order valence-electron chi connectivity index (χ3n) is 4.24. The van der Waals surface area contributed by atoms with Crippen LogP contribution in [0.5, 0.6) is 11.5 Å². The molecule has 3 aromatic rings. The first-order valence-corrected chi connectivity index (χ1v) is 8.97. The van der Waals surface area contributed by atoms with Gasteiger partial charge in [-0.1, -0.05) is 29.8 Å². The van der Waals surface area contributed by atoms with Crippen LogP contribution in [0.25, 0.3) is 0 Å². The zero-order valence-corrected chi connectivity index (χ0v) is 16.1. The smallest absolute Gasteiger partial charge is 0.349 e. The highest BCUT2D eigenvalue weighted by Gasteiger charge is 2.14. The van der Waals surface area contributed by atoms with Crippen molar-refractivity contribution in [2.24, 2.45) is 0 Å². The molecule has 0 atom stereocenters. The lowest BCUT2D eigenvalue weighted by Gasteiger charge is -2.18. The Morgan fingerprint density at radius 1 is 0.931 bits per heavy atom. The van der Waals surface area contributed by atoms with Crippen molar-refractivity contribution in [1.82, 2.24) is 0 Å². The highest BCUT2D eigenvalue weighted by Crippen LogP contribution is 2.21. The molecule has 0 saturated heterocycles. The second kappa shape index (κ2) is 9.01. The van der Waals surface area contributed by atoms with E-state index >= 15 is 0 Å². The average Bonchev–Trinajstić information content (AvgIpc) is 2.73. The molecular formula is C23H20FNO4. The molecule has 0 bridgehead atoms. The summed E-state index contributed by atoms with van der Waals surface area (Å²) in [5, 5.41) is 0. The van der Waals surface area contributed by atoms with E-state index in [4.69, 9.17) is 9.47 Å². The Balaban J connectivity index is 1.58. The number of benzene rings is 3. The normalized spacial score (nSPS) is 10.3. The summed E-state index contributed by atoms with van der Waals surface area (Å²) >= 11 is 0. The highest BCUT2D eigenvalue weighted by atomic mass is 19.1. The average molecular weight is 393 g/mol. The Hall–Kier alpha value is -3.67. The number of carbonyl (C=O) groups is 2. The Bertz CT molecular complexity index is 1000. The third kappa shape index (κ3) is 5.19. The fraction of sp³-hybridized carbons (Fsp3) is 0.130. The zero-order valence-electron chi connectivity index (χ0n) is 16.1. The van der Waals surface area contributed by atoms with Crippen LogP contribution in [0.2, 0.25) is 0 Å². The summed E-state index contributed by atoms with van der Waals surface area (Å²) in [7, 11) is 1.67. The molecule has 0 fully saturated rings. The van der Waals surface area contributed by atoms with Crippen LogP contribution < -0.4 is 14.4 Å². The van der Waals surface area contributed by atoms with Crippen LogP contribution in [-0.2, 0) is 4.79 Å². The van der Waals surface area contributed by atoms with Gasteiger partial charge in [-0.3, -0.25) is 4.79 Å². The molecule has 1 amide bonds. The first-order valence-electron chi connectivity index (χ1n) is 8.97. The number of anilines is 1. The minimum Gasteiger partial charge on any atom is -0.479 e. The summed E-state index contributed by atoms with van der Waals surface area (Å²) in [5.41, 5.74) is 2.31. The van der Waals surface area contributed by atoms with E-state index in [2.05, 4.69) is 0 Å². The lowest BCUT2D eigenvalue weighted by Crippen LogP contribution is -2.26. The summed E-state index contributed by atoms with van der Waals surface area (Å²) in [6.45, 7) is 1.54. The van der Waals surface area contributed by atoms with Crippen LogP contribution in [0.1, 0.15) is 15.9 Å². The van der Waals surface area contributed by atoms with Crippen molar-refractivity contribution in [3.8, 4) is 11.5 Å². The second-order valence-corrected chi connectivity index (χ2v) is 6.42. The molecule has 0 aliphatic rings. The van der Waals surface area contributed by atoms with Gasteiger partial charge in [0.1, 0.15) is 5.75 Å². The molecule has 0 aliphatic carbocycles. The highest BCUT2D eigenvalue weighted by molar-refractivity contribution is 6.05. The van der Waals surface area contributed by atoms with Crippen molar-refractivity contribution in [2.45, 2.75) is 6.92 Å². The summed E-state index contributed by atoms with van der Waals surface area (Å²) in [6.07, 6.45) is 0. The summed E-state index contributed by atoms with van der Waals surface area (Å²) in [6, 6.07) is 19.6. The molecule has 6 heteroatoms. The molecule has 3 aromatic carbocycles. The molecule has 0 heterocycles. The van der Waals surface area contributed by atoms with Crippen molar-refractivity contribution in [3.63, 3.8) is 0 Å². The van der Waals surface area contributed by atoms with E-state index in [1.165, 1.54) is 23.1 Å². The quantitative estimate of drug-likeness (QED) is 0.460. The molecule has 29 heavy (non-hydrogen) atoms. The monoisotopic (exact) mass is 393 g/mol. The Kier molecular flexibility index (Phi) is 6.24. The number of nitrogens with zero attached hydrogens (tertiary/aromatic N) is 1. The minimum atomic E-state index is -0.662. The van der Waals surface area contributed by atoms with Gasteiger partial charge in [-0.05, 0) is 55.5 Å². The van der Waals surface area contributed by atoms with E-state index < -0.39 is 18.4 Å². The maximum absolute atomic E-state index is 13.5. The van der Waals surface area contributed by atoms with E-state index in [9.17, 15) is 14.0 Å². The van der Waals surface area contributed by atoms with Crippen LogP contribution in [0.15, 0.2) is 72.8 Å². The summed E-state index contributed by atoms with van der Waals surface area (Å²) in [4.78, 5) is 26.0. The third-order valence-corrected chi connectivity index (χ3v) is 4.24. The van der Waals surface area contributed by atoms with Crippen molar-refractivity contribution < 1.29 is 23.5 Å². The van der Waals surface area contributed by atoms with E-state index in [1.54, 1.807) is 49.5 Å². The maximum Gasteiger partial charge on any atom is 0.349 e. The van der Waals surface area contributed by atoms with Gasteiger partial charge in [0.25, 0.3) is 5.91 Å². The first kappa shape index (κ1) is 20.1. The fourth-order valence-electron chi connectivity index (χ4n) is 2.60. The second-order valence-electron chi connectivity index (χ2n) is 6.42. The maximum atomic E-state index is 13.5. The van der Waals surface area contributed by atoms with E-state index in [0.29, 0.717) is 17.0 Å². The first-order chi connectivity index (χ1) is 13.9. The SMILES string of the molecule is Cc1ccc(C(=O)N(C)c2ccc(OC(=O)COc3ccccc3F)cc2)cc1. The van der Waals surface area contributed by atoms with Crippen LogP contribution in [0.3, 0.4) is 0 Å². The molecule has 0 unspecified atom stereocenters. The van der Waals surface area contributed by atoms with Gasteiger partial charge in [-0.25, -0.2) is 9.18 Å². The zero-order chi connectivity index (χ0) is 20.8. The van der Waals surface area contributed by atoms with Crippen LogP contribution in [0, 0.1) is 12.7 Å². The predicted octanol–water partition coefficient (Wildman–Crippen LogP) is 4.40. The molecule has 0 aromatic heterocycles. The van der Waals surface area contributed by atoms with E-state index in [0.717, 1.165) is 5.56 Å². The molecule has 0 aliphatic heterocycles. The number of carbonyl (C=O) groups excluding carboxylic acids is 2. The predicted molar refractivity (Wildman–Crippen MR) is 108 cm³/mol. The van der Waals surface area contributed by atoms with Crippen molar-refractivity contribution in [2.75, 3.05) is 18.6 Å². The Morgan fingerprint density at radius 3 is 2.24 bits per heavy atom. The van der Waals surface area contributed by atoms with Crippen LogP contribution >= 0.6 is 0 Å². The number of ether oxygens (including phenoxy) is 2. The molecule has 148 valence electrons. The van der Waals surface area contributed by atoms with Gasteiger partial charge in [0.15, 0.2) is 18.2 Å². The lowest BCUT2D eigenvalue weighted by molar-refractivity contribution is -0.136. The van der Waals surface area contributed by atoms with Gasteiger partial charge in [0, 0.05) is 18.3 Å².